The minimum absolute atomic E-state index is 0. The first-order valence-corrected chi connectivity index (χ1v) is 4.87. The van der Waals surface area contributed by atoms with Crippen molar-refractivity contribution in [2.24, 2.45) is 5.92 Å². The Balaban J connectivity index is 0.000000810. The second-order valence-electron chi connectivity index (χ2n) is 2.52. The van der Waals surface area contributed by atoms with Gasteiger partial charge in [0.15, 0.2) is 0 Å². The Labute approximate surface area is 84.7 Å². The molecule has 0 saturated carbocycles. The maximum Gasteiger partial charge on any atom is -0.00121 e. The van der Waals surface area contributed by atoms with Gasteiger partial charge in [0.1, 0.15) is 0 Å². The molecule has 0 radical (unpaired) electrons. The third-order valence-corrected chi connectivity index (χ3v) is 2.84. The van der Waals surface area contributed by atoms with E-state index in [-0.39, 0.29) is 24.0 Å². The van der Waals surface area contributed by atoms with Crippen molar-refractivity contribution in [3.05, 3.63) is 0 Å². The summed E-state index contributed by atoms with van der Waals surface area (Å²) >= 11 is 2.07. The largest absolute Gasteiger partial charge is 0.316 e. The van der Waals surface area contributed by atoms with Crippen molar-refractivity contribution in [1.29, 1.82) is 0 Å². The van der Waals surface area contributed by atoms with Gasteiger partial charge in [-0.25, -0.2) is 0 Å². The van der Waals surface area contributed by atoms with Gasteiger partial charge >= 0.3 is 0 Å². The molecular weight excluding hydrogens is 257 g/mol. The fourth-order valence-electron chi connectivity index (χ4n) is 1.14. The zero-order valence-corrected chi connectivity index (χ0v) is 9.58. The molecule has 0 aromatic rings. The van der Waals surface area contributed by atoms with Gasteiger partial charge in [-0.1, -0.05) is 6.92 Å². The molecule has 10 heavy (non-hydrogen) atoms. The summed E-state index contributed by atoms with van der Waals surface area (Å²) in [6.07, 6.45) is 1.40. The molecule has 1 nitrogen and oxygen atoms in total. The molecule has 1 unspecified atom stereocenters. The normalized spacial score (nSPS) is 24.3. The van der Waals surface area contributed by atoms with E-state index in [1.165, 1.54) is 31.0 Å². The highest BCUT2D eigenvalue weighted by atomic mass is 127. The molecule has 0 aliphatic carbocycles. The third-order valence-electron chi connectivity index (χ3n) is 1.72. The van der Waals surface area contributed by atoms with Crippen molar-refractivity contribution in [1.82, 2.24) is 5.32 Å². The predicted molar refractivity (Wildman–Crippen MR) is 59.4 cm³/mol. The van der Waals surface area contributed by atoms with Crippen molar-refractivity contribution < 1.29 is 0 Å². The molecule has 1 atom stereocenters. The Kier molecular flexibility index (Phi) is 7.43. The predicted octanol–water partition coefficient (Wildman–Crippen LogP) is 1.97. The van der Waals surface area contributed by atoms with Crippen LogP contribution >= 0.6 is 35.7 Å². The molecule has 0 spiro atoms. The molecule has 1 rings (SSSR count). The van der Waals surface area contributed by atoms with Gasteiger partial charge in [-0.2, -0.15) is 11.8 Å². The van der Waals surface area contributed by atoms with E-state index in [0.29, 0.717) is 0 Å². The number of halogens is 1. The van der Waals surface area contributed by atoms with Crippen LogP contribution in [0, 0.1) is 5.92 Å². The summed E-state index contributed by atoms with van der Waals surface area (Å²) in [5.41, 5.74) is 0. The average Bonchev–Trinajstić information content (AvgIpc) is 2.34. The van der Waals surface area contributed by atoms with Crippen LogP contribution in [0.1, 0.15) is 13.3 Å². The Morgan fingerprint density at radius 3 is 2.90 bits per heavy atom. The monoisotopic (exact) mass is 273 g/mol. The van der Waals surface area contributed by atoms with Crippen molar-refractivity contribution >= 4 is 35.7 Å². The van der Waals surface area contributed by atoms with Gasteiger partial charge < -0.3 is 5.32 Å². The molecule has 1 N–H and O–H groups in total. The molecule has 1 aliphatic rings. The Morgan fingerprint density at radius 1 is 1.60 bits per heavy atom. The fourth-order valence-corrected chi connectivity index (χ4v) is 1.99. The number of hydrogen-bond donors (Lipinski definition) is 1. The Morgan fingerprint density at radius 2 is 2.40 bits per heavy atom. The molecule has 0 bridgehead atoms. The summed E-state index contributed by atoms with van der Waals surface area (Å²) in [7, 11) is 0. The lowest BCUT2D eigenvalue weighted by Crippen LogP contribution is -2.10. The van der Waals surface area contributed by atoms with Crippen LogP contribution < -0.4 is 5.32 Å². The van der Waals surface area contributed by atoms with Crippen molar-refractivity contribution in [3.8, 4) is 0 Å². The van der Waals surface area contributed by atoms with E-state index in [4.69, 9.17) is 0 Å². The zero-order chi connectivity index (χ0) is 6.53. The highest BCUT2D eigenvalue weighted by Crippen LogP contribution is 2.13. The summed E-state index contributed by atoms with van der Waals surface area (Å²) in [6, 6.07) is 0. The lowest BCUT2D eigenvalue weighted by atomic mass is 10.2. The summed E-state index contributed by atoms with van der Waals surface area (Å²) in [6.45, 7) is 4.73. The summed E-state index contributed by atoms with van der Waals surface area (Å²) in [5.74, 6) is 3.61. The van der Waals surface area contributed by atoms with Gasteiger partial charge in [-0.05, 0) is 36.9 Å². The molecule has 0 aromatic carbocycles. The molecular formula is C7H16INS. The van der Waals surface area contributed by atoms with Crippen LogP contribution in [0.3, 0.4) is 0 Å². The van der Waals surface area contributed by atoms with Crippen LogP contribution in [0.15, 0.2) is 0 Å². The Hall–Kier alpha value is 1.04. The first-order valence-electron chi connectivity index (χ1n) is 3.72. The van der Waals surface area contributed by atoms with Crippen LogP contribution in [-0.2, 0) is 0 Å². The summed E-state index contributed by atoms with van der Waals surface area (Å²) in [5, 5.41) is 3.37. The van der Waals surface area contributed by atoms with Crippen LogP contribution in [0.5, 0.6) is 0 Å². The maximum absolute atomic E-state index is 3.37. The van der Waals surface area contributed by atoms with Crippen LogP contribution in [0.25, 0.3) is 0 Å². The van der Waals surface area contributed by atoms with E-state index < -0.39 is 0 Å². The smallest absolute Gasteiger partial charge is 0.00121 e. The van der Waals surface area contributed by atoms with E-state index >= 15 is 0 Å². The van der Waals surface area contributed by atoms with E-state index in [2.05, 4.69) is 24.0 Å². The molecule has 0 amide bonds. The Bertz CT molecular complexity index is 74.0. The van der Waals surface area contributed by atoms with Gasteiger partial charge in [-0.15, -0.1) is 24.0 Å². The minimum Gasteiger partial charge on any atom is -0.316 e. The van der Waals surface area contributed by atoms with Crippen LogP contribution in [0.2, 0.25) is 0 Å². The number of nitrogens with one attached hydrogen (secondary N) is 1. The fraction of sp³-hybridized carbons (Fsp3) is 1.00. The van der Waals surface area contributed by atoms with Gasteiger partial charge in [0.25, 0.3) is 0 Å². The molecule has 1 saturated heterocycles. The van der Waals surface area contributed by atoms with E-state index in [9.17, 15) is 0 Å². The highest BCUT2D eigenvalue weighted by molar-refractivity contribution is 14.0. The van der Waals surface area contributed by atoms with E-state index in [1.54, 1.807) is 0 Å². The topological polar surface area (TPSA) is 12.0 Å². The van der Waals surface area contributed by atoms with Crippen LogP contribution in [0.4, 0.5) is 0 Å². The standard InChI is InChI=1S/C7H15NS.HI/c1-2-9-6-7-3-4-8-5-7;/h7-8H,2-6H2,1H3;1H. The molecule has 1 heterocycles. The summed E-state index contributed by atoms with van der Waals surface area (Å²) in [4.78, 5) is 0. The molecule has 1 aliphatic heterocycles. The first-order chi connectivity index (χ1) is 4.43. The third kappa shape index (κ3) is 4.03. The quantitative estimate of drug-likeness (QED) is 0.789. The van der Waals surface area contributed by atoms with E-state index in [0.717, 1.165) is 5.92 Å². The number of hydrogen-bond acceptors (Lipinski definition) is 2. The first kappa shape index (κ1) is 11.0. The molecule has 3 heteroatoms. The summed E-state index contributed by atoms with van der Waals surface area (Å²) < 4.78 is 0. The lowest BCUT2D eigenvalue weighted by Gasteiger charge is -2.04. The van der Waals surface area contributed by atoms with Gasteiger partial charge in [0.05, 0.1) is 0 Å². The SMILES string of the molecule is CCSCC1CCNC1.I. The van der Waals surface area contributed by atoms with E-state index in [1.807, 2.05) is 0 Å². The van der Waals surface area contributed by atoms with Crippen molar-refractivity contribution in [3.63, 3.8) is 0 Å². The average molecular weight is 273 g/mol. The molecule has 0 aromatic heterocycles. The van der Waals surface area contributed by atoms with Crippen molar-refractivity contribution in [2.45, 2.75) is 13.3 Å². The zero-order valence-electron chi connectivity index (χ0n) is 6.43. The maximum atomic E-state index is 3.37. The van der Waals surface area contributed by atoms with Crippen LogP contribution in [-0.4, -0.2) is 24.6 Å². The van der Waals surface area contributed by atoms with Gasteiger partial charge in [-0.3, -0.25) is 0 Å². The minimum atomic E-state index is 0. The molecule has 1 fully saturated rings. The van der Waals surface area contributed by atoms with Gasteiger partial charge in [0.2, 0.25) is 0 Å². The second kappa shape index (κ2) is 6.73. The highest BCUT2D eigenvalue weighted by Gasteiger charge is 2.12. The van der Waals surface area contributed by atoms with Crippen molar-refractivity contribution in [2.75, 3.05) is 24.6 Å². The lowest BCUT2D eigenvalue weighted by molar-refractivity contribution is 0.663. The number of thioether (sulfide) groups is 1. The van der Waals surface area contributed by atoms with Gasteiger partial charge in [0, 0.05) is 0 Å². The number of rotatable bonds is 3. The second-order valence-corrected chi connectivity index (χ2v) is 3.84. The molecule has 62 valence electrons.